The molecule has 14 heavy (non-hydrogen) atoms. The van der Waals surface area contributed by atoms with Crippen LogP contribution in [-0.4, -0.2) is 20.7 Å². The van der Waals surface area contributed by atoms with Gasteiger partial charge in [0.2, 0.25) is 0 Å². The molecule has 0 amide bonds. The average molecular weight is 276 g/mol. The van der Waals surface area contributed by atoms with Crippen LogP contribution in [0.3, 0.4) is 0 Å². The van der Waals surface area contributed by atoms with Gasteiger partial charge in [-0.15, -0.1) is 0 Å². The van der Waals surface area contributed by atoms with Crippen LogP contribution in [0.4, 0.5) is 5.69 Å². The van der Waals surface area contributed by atoms with E-state index in [9.17, 15) is 8.42 Å². The molecule has 2 rings (SSSR count). The van der Waals surface area contributed by atoms with Crippen LogP contribution in [-0.2, 0) is 9.84 Å². The van der Waals surface area contributed by atoms with Crippen LogP contribution in [0, 0.1) is 0 Å². The lowest BCUT2D eigenvalue weighted by atomic mass is 10.3. The maximum atomic E-state index is 11.8. The molecular weight excluding hydrogens is 266 g/mol. The highest BCUT2D eigenvalue weighted by molar-refractivity contribution is 9.10. The molecular formula is C9H10BrNO2S. The zero-order chi connectivity index (χ0) is 10.2. The predicted molar refractivity (Wildman–Crippen MR) is 59.3 cm³/mol. The van der Waals surface area contributed by atoms with E-state index in [1.165, 1.54) is 0 Å². The second-order valence-electron chi connectivity index (χ2n) is 3.24. The molecule has 0 saturated carbocycles. The van der Waals surface area contributed by atoms with Gasteiger partial charge < -0.3 is 5.32 Å². The molecule has 0 radical (unpaired) electrons. The van der Waals surface area contributed by atoms with Crippen LogP contribution < -0.4 is 5.32 Å². The summed E-state index contributed by atoms with van der Waals surface area (Å²) in [5.74, 6) is 0.226. The van der Waals surface area contributed by atoms with Crippen LogP contribution >= 0.6 is 15.9 Å². The summed E-state index contributed by atoms with van der Waals surface area (Å²) in [6.07, 6.45) is 0.661. The molecule has 0 fully saturated rings. The van der Waals surface area contributed by atoms with Gasteiger partial charge in [0.15, 0.2) is 9.84 Å². The lowest BCUT2D eigenvalue weighted by Gasteiger charge is -2.06. The van der Waals surface area contributed by atoms with Crippen molar-refractivity contribution in [3.05, 3.63) is 22.7 Å². The van der Waals surface area contributed by atoms with Gasteiger partial charge in [-0.1, -0.05) is 15.9 Å². The van der Waals surface area contributed by atoms with Gasteiger partial charge in [-0.2, -0.15) is 0 Å². The highest BCUT2D eigenvalue weighted by atomic mass is 79.9. The van der Waals surface area contributed by atoms with E-state index in [1.807, 2.05) is 6.07 Å². The maximum Gasteiger partial charge on any atom is 0.180 e. The molecule has 3 nitrogen and oxygen atoms in total. The fourth-order valence-electron chi connectivity index (χ4n) is 1.49. The minimum absolute atomic E-state index is 0.226. The molecule has 0 saturated heterocycles. The topological polar surface area (TPSA) is 46.2 Å². The zero-order valence-corrected chi connectivity index (χ0v) is 9.86. The summed E-state index contributed by atoms with van der Waals surface area (Å²) >= 11 is 3.28. The quantitative estimate of drug-likeness (QED) is 0.788. The third kappa shape index (κ3) is 1.79. The van der Waals surface area contributed by atoms with Crippen molar-refractivity contribution in [2.24, 2.45) is 0 Å². The molecule has 0 aromatic heterocycles. The van der Waals surface area contributed by atoms with Crippen molar-refractivity contribution in [3.63, 3.8) is 0 Å². The Balaban J connectivity index is 2.64. The second kappa shape index (κ2) is 3.55. The Hall–Kier alpha value is -0.550. The van der Waals surface area contributed by atoms with Gasteiger partial charge in [-0.25, -0.2) is 8.42 Å². The molecule has 1 aliphatic heterocycles. The molecule has 0 aliphatic carbocycles. The number of hydrogen-bond donors (Lipinski definition) is 1. The number of fused-ring (bicyclic) bond motifs is 1. The number of rotatable bonds is 0. The molecule has 0 spiro atoms. The summed E-state index contributed by atoms with van der Waals surface area (Å²) < 4.78 is 24.4. The van der Waals surface area contributed by atoms with Crippen molar-refractivity contribution in [1.82, 2.24) is 0 Å². The Bertz CT molecular complexity index is 456. The molecule has 5 heteroatoms. The minimum atomic E-state index is -3.09. The Kier molecular flexibility index (Phi) is 2.53. The first-order chi connectivity index (χ1) is 6.59. The van der Waals surface area contributed by atoms with Crippen molar-refractivity contribution in [1.29, 1.82) is 0 Å². The van der Waals surface area contributed by atoms with Crippen LogP contribution in [0.25, 0.3) is 0 Å². The summed E-state index contributed by atoms with van der Waals surface area (Å²) in [6, 6.07) is 5.29. The summed E-state index contributed by atoms with van der Waals surface area (Å²) in [6.45, 7) is 0.716. The van der Waals surface area contributed by atoms with Crippen LogP contribution in [0.1, 0.15) is 6.42 Å². The first kappa shape index (κ1) is 9.98. The zero-order valence-electron chi connectivity index (χ0n) is 7.46. The van der Waals surface area contributed by atoms with E-state index in [-0.39, 0.29) is 5.75 Å². The normalized spacial score (nSPS) is 19.2. The first-order valence-corrected chi connectivity index (χ1v) is 6.80. The smallest absolute Gasteiger partial charge is 0.180 e. The van der Waals surface area contributed by atoms with E-state index in [0.717, 1.165) is 4.47 Å². The molecule has 0 atom stereocenters. The minimum Gasteiger partial charge on any atom is -0.384 e. The van der Waals surface area contributed by atoms with Crippen molar-refractivity contribution in [2.75, 3.05) is 17.6 Å². The van der Waals surface area contributed by atoms with Gasteiger partial charge in [0.1, 0.15) is 0 Å². The van der Waals surface area contributed by atoms with Crippen LogP contribution in [0.5, 0.6) is 0 Å². The number of sulfone groups is 1. The van der Waals surface area contributed by atoms with Gasteiger partial charge in [0, 0.05) is 11.0 Å². The fraction of sp³-hybridized carbons (Fsp3) is 0.333. The molecule has 0 unspecified atom stereocenters. The number of benzene rings is 1. The third-order valence-corrected chi connectivity index (χ3v) is 4.51. The predicted octanol–water partition coefficient (Wildman–Crippen LogP) is 2.04. The van der Waals surface area contributed by atoms with E-state index in [2.05, 4.69) is 21.2 Å². The highest BCUT2D eigenvalue weighted by Gasteiger charge is 2.21. The lowest BCUT2D eigenvalue weighted by Crippen LogP contribution is -2.05. The van der Waals surface area contributed by atoms with Gasteiger partial charge in [0.25, 0.3) is 0 Å². The molecule has 1 aromatic carbocycles. The van der Waals surface area contributed by atoms with E-state index in [4.69, 9.17) is 0 Å². The second-order valence-corrected chi connectivity index (χ2v) is 6.23. The number of nitrogens with one attached hydrogen (secondary N) is 1. The van der Waals surface area contributed by atoms with Crippen molar-refractivity contribution < 1.29 is 8.42 Å². The Labute approximate surface area is 91.6 Å². The van der Waals surface area contributed by atoms with Gasteiger partial charge in [-0.05, 0) is 24.6 Å². The average Bonchev–Trinajstić information content (AvgIpc) is 2.26. The lowest BCUT2D eigenvalue weighted by molar-refractivity contribution is 0.596. The monoisotopic (exact) mass is 275 g/mol. The Morgan fingerprint density at radius 2 is 2.14 bits per heavy atom. The van der Waals surface area contributed by atoms with Crippen molar-refractivity contribution >= 4 is 31.5 Å². The summed E-state index contributed by atoms with van der Waals surface area (Å²) in [4.78, 5) is 0.407. The number of halogens is 1. The molecule has 76 valence electrons. The summed E-state index contributed by atoms with van der Waals surface area (Å²) in [5, 5.41) is 3.11. The third-order valence-electron chi connectivity index (χ3n) is 2.18. The van der Waals surface area contributed by atoms with Gasteiger partial charge in [-0.3, -0.25) is 0 Å². The van der Waals surface area contributed by atoms with Crippen molar-refractivity contribution in [2.45, 2.75) is 11.3 Å². The number of hydrogen-bond acceptors (Lipinski definition) is 3. The highest BCUT2D eigenvalue weighted by Crippen LogP contribution is 2.28. The Morgan fingerprint density at radius 1 is 1.36 bits per heavy atom. The van der Waals surface area contributed by atoms with Crippen LogP contribution in [0.15, 0.2) is 27.6 Å². The van der Waals surface area contributed by atoms with Crippen molar-refractivity contribution in [3.8, 4) is 0 Å². The fourth-order valence-corrected chi connectivity index (χ4v) is 3.53. The van der Waals surface area contributed by atoms with Gasteiger partial charge in [0.05, 0.1) is 16.3 Å². The largest absolute Gasteiger partial charge is 0.384 e. The standard InChI is InChI=1S/C9H10BrNO2S/c10-7-2-3-8-9(6-7)14(12,13)5-1-4-11-8/h2-3,6,11H,1,4-5H2. The molecule has 1 aromatic rings. The molecule has 0 bridgehead atoms. The summed E-state index contributed by atoms with van der Waals surface area (Å²) in [7, 11) is -3.09. The van der Waals surface area contributed by atoms with E-state index >= 15 is 0 Å². The van der Waals surface area contributed by atoms with Gasteiger partial charge >= 0.3 is 0 Å². The molecule has 1 heterocycles. The SMILES string of the molecule is O=S1(=O)CCCNc2ccc(Br)cc21. The van der Waals surface area contributed by atoms with Crippen LogP contribution in [0.2, 0.25) is 0 Å². The van der Waals surface area contributed by atoms with E-state index in [0.29, 0.717) is 23.5 Å². The first-order valence-electron chi connectivity index (χ1n) is 4.36. The molecule has 1 aliphatic rings. The van der Waals surface area contributed by atoms with E-state index in [1.54, 1.807) is 12.1 Å². The number of anilines is 1. The maximum absolute atomic E-state index is 11.8. The van der Waals surface area contributed by atoms with E-state index < -0.39 is 9.84 Å². The Morgan fingerprint density at radius 3 is 2.93 bits per heavy atom. The molecule has 1 N–H and O–H groups in total. The summed E-state index contributed by atoms with van der Waals surface area (Å²) in [5.41, 5.74) is 0.714.